The summed E-state index contributed by atoms with van der Waals surface area (Å²) in [6, 6.07) is 6.56. The molecule has 1 aromatic rings. The Bertz CT molecular complexity index is 684. The molecule has 1 aliphatic heterocycles. The van der Waals surface area contributed by atoms with Crippen LogP contribution in [0.1, 0.15) is 44.0 Å². The number of benzene rings is 1. The first-order valence-corrected chi connectivity index (χ1v) is 8.38. The summed E-state index contributed by atoms with van der Waals surface area (Å²) in [6.07, 6.45) is 3.08. The van der Waals surface area contributed by atoms with E-state index in [-0.39, 0.29) is 17.9 Å². The first kappa shape index (κ1) is 18.7. The molecule has 0 aromatic heterocycles. The van der Waals surface area contributed by atoms with Crippen molar-refractivity contribution in [2.45, 2.75) is 39.7 Å². The van der Waals surface area contributed by atoms with Crippen molar-refractivity contribution in [2.75, 3.05) is 13.1 Å². The maximum Gasteiger partial charge on any atom is 0.308 e. The molecule has 0 bridgehead atoms. The van der Waals surface area contributed by atoms with Crippen LogP contribution < -0.4 is 10.1 Å². The minimum Gasteiger partial charge on any atom is -0.427 e. The molecular formula is C19H24N2O4. The molecule has 1 aromatic carbocycles. The number of amides is 2. The normalized spacial score (nSPS) is 14.6. The monoisotopic (exact) mass is 344 g/mol. The summed E-state index contributed by atoms with van der Waals surface area (Å²) in [5, 5.41) is 2.98. The summed E-state index contributed by atoms with van der Waals surface area (Å²) in [6.45, 7) is 6.36. The first-order chi connectivity index (χ1) is 11.8. The summed E-state index contributed by atoms with van der Waals surface area (Å²) in [4.78, 5) is 37.2. The maximum atomic E-state index is 12.4. The van der Waals surface area contributed by atoms with Crippen molar-refractivity contribution in [3.05, 3.63) is 41.5 Å². The van der Waals surface area contributed by atoms with E-state index in [1.165, 1.54) is 6.92 Å². The number of likely N-dealkylation sites (tertiary alicyclic amines) is 1. The second-order valence-corrected chi connectivity index (χ2v) is 6.42. The van der Waals surface area contributed by atoms with Crippen LogP contribution in [0.5, 0.6) is 5.75 Å². The first-order valence-electron chi connectivity index (χ1n) is 8.38. The van der Waals surface area contributed by atoms with Crippen LogP contribution in [0.2, 0.25) is 0 Å². The molecule has 6 nitrogen and oxygen atoms in total. The van der Waals surface area contributed by atoms with Gasteiger partial charge >= 0.3 is 5.97 Å². The highest BCUT2D eigenvalue weighted by Gasteiger charge is 2.23. The molecule has 0 unspecified atom stereocenters. The molecule has 2 amide bonds. The molecule has 0 radical (unpaired) electrons. The largest absolute Gasteiger partial charge is 0.427 e. The van der Waals surface area contributed by atoms with Gasteiger partial charge in [0.1, 0.15) is 5.75 Å². The smallest absolute Gasteiger partial charge is 0.308 e. The highest BCUT2D eigenvalue weighted by atomic mass is 16.5. The summed E-state index contributed by atoms with van der Waals surface area (Å²) >= 11 is 0. The molecule has 1 saturated heterocycles. The van der Waals surface area contributed by atoms with Gasteiger partial charge in [0.15, 0.2) is 0 Å². The number of allylic oxidation sites excluding steroid dienone is 1. The Hall–Kier alpha value is -2.63. The SMILES string of the molecule is CC(=O)Oc1cccc(C(=O)NC2CCN(C(=O)C=C(C)C)CC2)c1. The fourth-order valence-corrected chi connectivity index (χ4v) is 2.72. The fraction of sp³-hybridized carbons (Fsp3) is 0.421. The number of carbonyl (C=O) groups excluding carboxylic acids is 3. The summed E-state index contributed by atoms with van der Waals surface area (Å²) in [5.74, 6) is -0.254. The average Bonchev–Trinajstić information content (AvgIpc) is 2.54. The van der Waals surface area contributed by atoms with Gasteiger partial charge in [-0.25, -0.2) is 0 Å². The quantitative estimate of drug-likeness (QED) is 0.517. The predicted octanol–water partition coefficient (Wildman–Crippen LogP) is 2.30. The van der Waals surface area contributed by atoms with Gasteiger partial charge in [-0.1, -0.05) is 11.6 Å². The third kappa shape index (κ3) is 5.74. The lowest BCUT2D eigenvalue weighted by Crippen LogP contribution is -2.46. The van der Waals surface area contributed by atoms with E-state index in [0.29, 0.717) is 24.4 Å². The fourth-order valence-electron chi connectivity index (χ4n) is 2.72. The Morgan fingerprint density at radius 1 is 1.16 bits per heavy atom. The lowest BCUT2D eigenvalue weighted by atomic mass is 10.0. The van der Waals surface area contributed by atoms with Crippen LogP contribution in [0.25, 0.3) is 0 Å². The molecule has 1 aliphatic rings. The molecule has 0 atom stereocenters. The number of carbonyl (C=O) groups is 3. The number of esters is 1. The number of hydrogen-bond acceptors (Lipinski definition) is 4. The molecular weight excluding hydrogens is 320 g/mol. The second kappa shape index (κ2) is 8.46. The molecule has 25 heavy (non-hydrogen) atoms. The summed E-state index contributed by atoms with van der Waals surface area (Å²) in [5.41, 5.74) is 1.43. The van der Waals surface area contributed by atoms with Crippen LogP contribution in [0.4, 0.5) is 0 Å². The van der Waals surface area contributed by atoms with E-state index in [1.54, 1.807) is 35.2 Å². The molecule has 0 saturated carbocycles. The number of piperidine rings is 1. The minimum absolute atomic E-state index is 0.0267. The number of ether oxygens (including phenoxy) is 1. The van der Waals surface area contributed by atoms with Crippen molar-refractivity contribution in [3.63, 3.8) is 0 Å². The number of hydrogen-bond donors (Lipinski definition) is 1. The highest BCUT2D eigenvalue weighted by Crippen LogP contribution is 2.16. The van der Waals surface area contributed by atoms with Crippen molar-refractivity contribution in [3.8, 4) is 5.75 Å². The highest BCUT2D eigenvalue weighted by molar-refractivity contribution is 5.95. The van der Waals surface area contributed by atoms with E-state index < -0.39 is 5.97 Å². The minimum atomic E-state index is -0.425. The molecule has 1 heterocycles. The van der Waals surface area contributed by atoms with Crippen molar-refractivity contribution < 1.29 is 19.1 Å². The Labute approximate surface area is 147 Å². The van der Waals surface area contributed by atoms with Gasteiger partial charge in [0.2, 0.25) is 5.91 Å². The van der Waals surface area contributed by atoms with Gasteiger partial charge in [0.05, 0.1) is 0 Å². The van der Waals surface area contributed by atoms with Gasteiger partial charge in [-0.2, -0.15) is 0 Å². The van der Waals surface area contributed by atoms with Gasteiger partial charge in [-0.15, -0.1) is 0 Å². The van der Waals surface area contributed by atoms with Crippen LogP contribution in [0.15, 0.2) is 35.9 Å². The third-order valence-electron chi connectivity index (χ3n) is 3.91. The summed E-state index contributed by atoms with van der Waals surface area (Å²) in [7, 11) is 0. The Balaban J connectivity index is 1.89. The van der Waals surface area contributed by atoms with Crippen LogP contribution >= 0.6 is 0 Å². The Kier molecular flexibility index (Phi) is 6.33. The third-order valence-corrected chi connectivity index (χ3v) is 3.91. The van der Waals surface area contributed by atoms with Crippen molar-refractivity contribution >= 4 is 17.8 Å². The lowest BCUT2D eigenvalue weighted by molar-refractivity contribution is -0.132. The zero-order valence-electron chi connectivity index (χ0n) is 14.9. The Morgan fingerprint density at radius 2 is 1.84 bits per heavy atom. The van der Waals surface area contributed by atoms with Gasteiger partial charge < -0.3 is 15.0 Å². The average molecular weight is 344 g/mol. The van der Waals surface area contributed by atoms with Crippen LogP contribution in [-0.4, -0.2) is 41.8 Å². The van der Waals surface area contributed by atoms with Gasteiger partial charge in [-0.3, -0.25) is 14.4 Å². The number of nitrogens with zero attached hydrogens (tertiary/aromatic N) is 1. The molecule has 1 fully saturated rings. The summed E-state index contributed by atoms with van der Waals surface area (Å²) < 4.78 is 5.00. The second-order valence-electron chi connectivity index (χ2n) is 6.42. The van der Waals surface area contributed by atoms with Crippen molar-refractivity contribution in [2.24, 2.45) is 0 Å². The maximum absolute atomic E-state index is 12.4. The van der Waals surface area contributed by atoms with E-state index in [1.807, 2.05) is 13.8 Å². The van der Waals surface area contributed by atoms with Gasteiger partial charge in [0, 0.05) is 37.7 Å². The zero-order chi connectivity index (χ0) is 18.4. The van der Waals surface area contributed by atoms with E-state index in [0.717, 1.165) is 18.4 Å². The van der Waals surface area contributed by atoms with Crippen molar-refractivity contribution in [1.82, 2.24) is 10.2 Å². The van der Waals surface area contributed by atoms with E-state index in [2.05, 4.69) is 5.32 Å². The van der Waals surface area contributed by atoms with Gasteiger partial charge in [0.25, 0.3) is 5.91 Å². The Morgan fingerprint density at radius 3 is 2.44 bits per heavy atom. The van der Waals surface area contributed by atoms with E-state index in [9.17, 15) is 14.4 Å². The molecule has 6 heteroatoms. The van der Waals surface area contributed by atoms with Crippen molar-refractivity contribution in [1.29, 1.82) is 0 Å². The van der Waals surface area contributed by atoms with Gasteiger partial charge in [-0.05, 0) is 44.9 Å². The zero-order valence-corrected chi connectivity index (χ0v) is 14.9. The van der Waals surface area contributed by atoms with E-state index >= 15 is 0 Å². The molecule has 0 aliphatic carbocycles. The number of rotatable bonds is 4. The van der Waals surface area contributed by atoms with E-state index in [4.69, 9.17) is 4.74 Å². The van der Waals surface area contributed by atoms with Crippen LogP contribution in [-0.2, 0) is 9.59 Å². The molecule has 0 spiro atoms. The van der Waals surface area contributed by atoms with Crippen LogP contribution in [0, 0.1) is 0 Å². The topological polar surface area (TPSA) is 75.7 Å². The molecule has 2 rings (SSSR count). The predicted molar refractivity (Wildman–Crippen MR) is 94.3 cm³/mol. The number of nitrogens with one attached hydrogen (secondary N) is 1. The molecule has 134 valence electrons. The standard InChI is InChI=1S/C19H24N2O4/c1-13(2)11-18(23)21-9-7-16(8-10-21)20-19(24)15-5-4-6-17(12-15)25-14(3)22/h4-6,11-12,16H,7-10H2,1-3H3,(H,20,24). The van der Waals surface area contributed by atoms with Crippen LogP contribution in [0.3, 0.4) is 0 Å². The molecule has 1 N–H and O–H groups in total. The lowest BCUT2D eigenvalue weighted by Gasteiger charge is -2.32.